The molecule has 3 aromatic carbocycles. The van der Waals surface area contributed by atoms with Gasteiger partial charge in [0, 0.05) is 36.7 Å². The van der Waals surface area contributed by atoms with Crippen molar-refractivity contribution in [3.8, 4) is 22.8 Å². The molecule has 0 spiro atoms. The van der Waals surface area contributed by atoms with Gasteiger partial charge in [0.15, 0.2) is 11.0 Å². The Kier molecular flexibility index (Phi) is 6.95. The number of anilines is 2. The number of carbonyl (C=O) groups excluding carboxylic acids is 1. The maximum atomic E-state index is 12.6. The van der Waals surface area contributed by atoms with Crippen molar-refractivity contribution < 1.29 is 9.53 Å². The van der Waals surface area contributed by atoms with Crippen LogP contribution in [0.1, 0.15) is 0 Å². The summed E-state index contributed by atoms with van der Waals surface area (Å²) >= 11 is 1.34. The lowest BCUT2D eigenvalue weighted by atomic mass is 10.2. The molecule has 0 saturated heterocycles. The third-order valence-electron chi connectivity index (χ3n) is 5.00. The van der Waals surface area contributed by atoms with E-state index in [9.17, 15) is 4.79 Å². The highest BCUT2D eigenvalue weighted by molar-refractivity contribution is 7.99. The van der Waals surface area contributed by atoms with Crippen LogP contribution < -0.4 is 15.0 Å². The molecule has 0 fully saturated rings. The maximum Gasteiger partial charge on any atom is 0.234 e. The molecule has 33 heavy (non-hydrogen) atoms. The number of methoxy groups -OCH3 is 1. The lowest BCUT2D eigenvalue weighted by Crippen LogP contribution is -2.15. The zero-order valence-electron chi connectivity index (χ0n) is 18.7. The largest absolute Gasteiger partial charge is 0.497 e. The molecule has 1 heterocycles. The van der Waals surface area contributed by atoms with E-state index >= 15 is 0 Å². The number of ether oxygens (including phenoxy) is 1. The molecule has 1 N–H and O–H groups in total. The van der Waals surface area contributed by atoms with Crippen molar-refractivity contribution in [3.05, 3.63) is 78.9 Å². The van der Waals surface area contributed by atoms with Crippen molar-refractivity contribution in [1.82, 2.24) is 14.8 Å². The van der Waals surface area contributed by atoms with E-state index in [0.717, 1.165) is 28.4 Å². The first-order valence-corrected chi connectivity index (χ1v) is 11.4. The van der Waals surface area contributed by atoms with Crippen LogP contribution >= 0.6 is 11.8 Å². The Balaban J connectivity index is 1.54. The summed E-state index contributed by atoms with van der Waals surface area (Å²) in [5.41, 5.74) is 3.66. The highest BCUT2D eigenvalue weighted by Crippen LogP contribution is 2.29. The highest BCUT2D eigenvalue weighted by Gasteiger charge is 2.17. The number of hydrogen-bond donors (Lipinski definition) is 1. The fourth-order valence-electron chi connectivity index (χ4n) is 3.27. The molecule has 0 atom stereocenters. The standard InChI is InChI=1S/C25H25N5O2S/c1-29(2)20-11-9-19(10-12-20)26-23(31)17-33-25-28-27-24(18-7-5-4-6-8-18)30(25)21-13-15-22(32-3)16-14-21/h4-16H,17H2,1-3H3,(H,26,31). The summed E-state index contributed by atoms with van der Waals surface area (Å²) in [6, 6.07) is 25.3. The molecule has 0 radical (unpaired) electrons. The molecular weight excluding hydrogens is 434 g/mol. The van der Waals surface area contributed by atoms with Crippen molar-refractivity contribution >= 4 is 29.0 Å². The van der Waals surface area contributed by atoms with Gasteiger partial charge in [-0.2, -0.15) is 0 Å². The van der Waals surface area contributed by atoms with E-state index in [1.54, 1.807) is 7.11 Å². The van der Waals surface area contributed by atoms with E-state index < -0.39 is 0 Å². The predicted molar refractivity (Wildman–Crippen MR) is 133 cm³/mol. The van der Waals surface area contributed by atoms with E-state index in [4.69, 9.17) is 4.74 Å². The van der Waals surface area contributed by atoms with Gasteiger partial charge < -0.3 is 15.0 Å². The van der Waals surface area contributed by atoms with Crippen molar-refractivity contribution in [2.45, 2.75) is 5.16 Å². The smallest absolute Gasteiger partial charge is 0.234 e. The summed E-state index contributed by atoms with van der Waals surface area (Å²) in [4.78, 5) is 14.6. The Morgan fingerprint density at radius 2 is 1.67 bits per heavy atom. The monoisotopic (exact) mass is 459 g/mol. The van der Waals surface area contributed by atoms with E-state index in [-0.39, 0.29) is 11.7 Å². The zero-order valence-corrected chi connectivity index (χ0v) is 19.5. The Labute approximate surface area is 197 Å². The second kappa shape index (κ2) is 10.2. The number of carbonyl (C=O) groups is 1. The molecular formula is C25H25N5O2S. The molecule has 168 valence electrons. The van der Waals surface area contributed by atoms with Gasteiger partial charge in [0.05, 0.1) is 12.9 Å². The summed E-state index contributed by atoms with van der Waals surface area (Å²) in [6.45, 7) is 0. The molecule has 1 amide bonds. The van der Waals surface area contributed by atoms with Gasteiger partial charge in [0.1, 0.15) is 5.75 Å². The molecule has 8 heteroatoms. The van der Waals surface area contributed by atoms with Crippen molar-refractivity contribution in [2.24, 2.45) is 0 Å². The Morgan fingerprint density at radius 1 is 0.970 bits per heavy atom. The van der Waals surface area contributed by atoms with Crippen LogP contribution in [0, 0.1) is 0 Å². The SMILES string of the molecule is COc1ccc(-n2c(SCC(=O)Nc3ccc(N(C)C)cc3)nnc2-c2ccccc2)cc1. The van der Waals surface area contributed by atoms with E-state index in [1.165, 1.54) is 11.8 Å². The normalized spacial score (nSPS) is 10.6. The zero-order chi connectivity index (χ0) is 23.2. The van der Waals surface area contributed by atoms with Crippen LogP contribution in [0.2, 0.25) is 0 Å². The first-order chi connectivity index (χ1) is 16.0. The van der Waals surface area contributed by atoms with Crippen molar-refractivity contribution in [1.29, 1.82) is 0 Å². The molecule has 7 nitrogen and oxygen atoms in total. The molecule has 4 rings (SSSR count). The average Bonchev–Trinajstić information content (AvgIpc) is 3.27. The molecule has 0 aliphatic heterocycles. The van der Waals surface area contributed by atoms with Crippen LogP contribution in [-0.4, -0.2) is 47.6 Å². The van der Waals surface area contributed by atoms with Gasteiger partial charge in [-0.05, 0) is 48.5 Å². The van der Waals surface area contributed by atoms with E-state index in [1.807, 2.05) is 102 Å². The Bertz CT molecular complexity index is 1210. The van der Waals surface area contributed by atoms with Crippen LogP contribution in [0.4, 0.5) is 11.4 Å². The topological polar surface area (TPSA) is 72.3 Å². The summed E-state index contributed by atoms with van der Waals surface area (Å²) in [7, 11) is 5.59. The maximum absolute atomic E-state index is 12.6. The van der Waals surface area contributed by atoms with Gasteiger partial charge in [-0.1, -0.05) is 42.1 Å². The molecule has 0 bridgehead atoms. The van der Waals surface area contributed by atoms with E-state index in [0.29, 0.717) is 11.0 Å². The van der Waals surface area contributed by atoms with Gasteiger partial charge in [-0.3, -0.25) is 9.36 Å². The predicted octanol–water partition coefficient (Wildman–Crippen LogP) is 4.74. The highest BCUT2D eigenvalue weighted by atomic mass is 32.2. The third kappa shape index (κ3) is 5.35. The second-order valence-electron chi connectivity index (χ2n) is 7.48. The third-order valence-corrected chi connectivity index (χ3v) is 5.92. The van der Waals surface area contributed by atoms with Crippen LogP contribution in [0.3, 0.4) is 0 Å². The summed E-state index contributed by atoms with van der Waals surface area (Å²) in [5, 5.41) is 12.4. The quantitative estimate of drug-likeness (QED) is 0.384. The number of thioether (sulfide) groups is 1. The first kappa shape index (κ1) is 22.4. The fourth-order valence-corrected chi connectivity index (χ4v) is 4.02. The van der Waals surface area contributed by atoms with Gasteiger partial charge in [-0.25, -0.2) is 0 Å². The summed E-state index contributed by atoms with van der Waals surface area (Å²) in [6.07, 6.45) is 0. The fraction of sp³-hybridized carbons (Fsp3) is 0.160. The number of nitrogens with one attached hydrogen (secondary N) is 1. The van der Waals surface area contributed by atoms with Crippen LogP contribution in [0.25, 0.3) is 17.1 Å². The number of aromatic nitrogens is 3. The lowest BCUT2D eigenvalue weighted by Gasteiger charge is -2.13. The summed E-state index contributed by atoms with van der Waals surface area (Å²) < 4.78 is 7.24. The van der Waals surface area contributed by atoms with Crippen LogP contribution in [0.5, 0.6) is 5.75 Å². The van der Waals surface area contributed by atoms with Gasteiger partial charge in [0.2, 0.25) is 5.91 Å². The first-order valence-electron chi connectivity index (χ1n) is 10.4. The van der Waals surface area contributed by atoms with Crippen molar-refractivity contribution in [2.75, 3.05) is 37.2 Å². The van der Waals surface area contributed by atoms with Crippen LogP contribution in [0.15, 0.2) is 84.0 Å². The number of amides is 1. The number of rotatable bonds is 8. The molecule has 0 aliphatic carbocycles. The number of benzene rings is 3. The van der Waals surface area contributed by atoms with Gasteiger partial charge >= 0.3 is 0 Å². The minimum absolute atomic E-state index is 0.108. The molecule has 0 aliphatic rings. The van der Waals surface area contributed by atoms with E-state index in [2.05, 4.69) is 15.5 Å². The summed E-state index contributed by atoms with van der Waals surface area (Å²) in [5.74, 6) is 1.58. The average molecular weight is 460 g/mol. The van der Waals surface area contributed by atoms with Gasteiger partial charge in [0.25, 0.3) is 0 Å². The minimum atomic E-state index is -0.108. The minimum Gasteiger partial charge on any atom is -0.497 e. The molecule has 4 aromatic rings. The van der Waals surface area contributed by atoms with Crippen LogP contribution in [-0.2, 0) is 4.79 Å². The Hall–Kier alpha value is -3.78. The second-order valence-corrected chi connectivity index (χ2v) is 8.43. The molecule has 0 unspecified atom stereocenters. The molecule has 0 saturated carbocycles. The number of hydrogen-bond acceptors (Lipinski definition) is 6. The Morgan fingerprint density at radius 3 is 2.30 bits per heavy atom. The lowest BCUT2D eigenvalue weighted by molar-refractivity contribution is -0.113. The number of nitrogens with zero attached hydrogens (tertiary/aromatic N) is 4. The van der Waals surface area contributed by atoms with Crippen molar-refractivity contribution in [3.63, 3.8) is 0 Å². The van der Waals surface area contributed by atoms with Gasteiger partial charge in [-0.15, -0.1) is 10.2 Å². The molecule has 1 aromatic heterocycles.